The maximum atomic E-state index is 6.64. The zero-order valence-corrected chi connectivity index (χ0v) is 20.9. The van der Waals surface area contributed by atoms with Crippen molar-refractivity contribution in [1.29, 1.82) is 0 Å². The average Bonchev–Trinajstić information content (AvgIpc) is 3.42. The SMILES string of the molecule is CC(C)c1nc(OCC23CCCN2CCC3)nc2c1CCN(c1cccc3cccc(Cl)c13)C2. The molecule has 0 unspecified atom stereocenters. The lowest BCUT2D eigenvalue weighted by molar-refractivity contribution is 0.107. The van der Waals surface area contributed by atoms with Crippen LogP contribution < -0.4 is 9.64 Å². The summed E-state index contributed by atoms with van der Waals surface area (Å²) in [6.07, 6.45) is 5.93. The Morgan fingerprint density at radius 1 is 1.03 bits per heavy atom. The van der Waals surface area contributed by atoms with Gasteiger partial charge in [0, 0.05) is 17.6 Å². The van der Waals surface area contributed by atoms with Gasteiger partial charge in [-0.15, -0.1) is 0 Å². The maximum Gasteiger partial charge on any atom is 0.316 e. The van der Waals surface area contributed by atoms with Crippen LogP contribution in [-0.4, -0.2) is 46.6 Å². The van der Waals surface area contributed by atoms with E-state index in [0.717, 1.165) is 41.3 Å². The van der Waals surface area contributed by atoms with Crippen molar-refractivity contribution in [3.63, 3.8) is 0 Å². The highest BCUT2D eigenvalue weighted by molar-refractivity contribution is 6.36. The Hall–Kier alpha value is -2.37. The molecule has 2 saturated heterocycles. The zero-order chi connectivity index (χ0) is 23.3. The Morgan fingerprint density at radius 3 is 2.56 bits per heavy atom. The molecule has 0 N–H and O–H groups in total. The molecule has 1 aromatic heterocycles. The van der Waals surface area contributed by atoms with E-state index in [1.165, 1.54) is 55.4 Å². The van der Waals surface area contributed by atoms with Crippen LogP contribution in [0.3, 0.4) is 0 Å². The molecule has 0 saturated carbocycles. The molecule has 0 aliphatic carbocycles. The van der Waals surface area contributed by atoms with Crippen LogP contribution in [0.1, 0.15) is 62.4 Å². The average molecular weight is 477 g/mol. The van der Waals surface area contributed by atoms with Crippen molar-refractivity contribution in [3.8, 4) is 6.01 Å². The second kappa shape index (κ2) is 8.69. The number of nitrogens with zero attached hydrogens (tertiary/aromatic N) is 4. The van der Waals surface area contributed by atoms with Gasteiger partial charge in [0.25, 0.3) is 0 Å². The van der Waals surface area contributed by atoms with Crippen LogP contribution >= 0.6 is 11.6 Å². The molecule has 4 heterocycles. The third kappa shape index (κ3) is 3.74. The van der Waals surface area contributed by atoms with Gasteiger partial charge in [-0.3, -0.25) is 4.90 Å². The summed E-state index contributed by atoms with van der Waals surface area (Å²) in [5.41, 5.74) is 4.90. The standard InChI is InChI=1S/C28H33ClN4O/c1-19(2)26-21-11-16-32(24-10-4-8-20-7-3-9-22(29)25(20)24)17-23(21)30-27(31-26)34-18-28-12-5-14-33(28)15-6-13-28/h3-4,7-10,19H,5-6,11-18H2,1-2H3. The predicted molar refractivity (Wildman–Crippen MR) is 138 cm³/mol. The van der Waals surface area contributed by atoms with Crippen molar-refractivity contribution in [2.45, 2.75) is 64.0 Å². The quantitative estimate of drug-likeness (QED) is 0.453. The Kier molecular flexibility index (Phi) is 5.65. The van der Waals surface area contributed by atoms with Gasteiger partial charge in [-0.2, -0.15) is 9.97 Å². The Bertz CT molecular complexity index is 1210. The van der Waals surface area contributed by atoms with Gasteiger partial charge in [0.15, 0.2) is 0 Å². The molecule has 0 spiro atoms. The van der Waals surface area contributed by atoms with Crippen molar-refractivity contribution in [1.82, 2.24) is 14.9 Å². The third-order valence-corrected chi connectivity index (χ3v) is 8.39. The predicted octanol–water partition coefficient (Wildman–Crippen LogP) is 5.98. The normalized spacial score (nSPS) is 19.6. The van der Waals surface area contributed by atoms with E-state index in [-0.39, 0.29) is 5.54 Å². The first-order valence-electron chi connectivity index (χ1n) is 12.7. The lowest BCUT2D eigenvalue weighted by Crippen LogP contribution is -2.43. The largest absolute Gasteiger partial charge is 0.461 e. The van der Waals surface area contributed by atoms with Crippen molar-refractivity contribution in [3.05, 3.63) is 58.4 Å². The number of fused-ring (bicyclic) bond motifs is 3. The third-order valence-electron chi connectivity index (χ3n) is 8.08. The molecule has 178 valence electrons. The topological polar surface area (TPSA) is 41.5 Å². The molecular weight excluding hydrogens is 444 g/mol. The lowest BCUT2D eigenvalue weighted by Gasteiger charge is -2.33. The van der Waals surface area contributed by atoms with E-state index in [1.54, 1.807) is 0 Å². The molecule has 3 aliphatic heterocycles. The van der Waals surface area contributed by atoms with Gasteiger partial charge in [0.05, 0.1) is 28.5 Å². The van der Waals surface area contributed by atoms with Crippen LogP contribution in [-0.2, 0) is 13.0 Å². The van der Waals surface area contributed by atoms with E-state index in [2.05, 4.69) is 47.9 Å². The number of hydrogen-bond donors (Lipinski definition) is 0. The van der Waals surface area contributed by atoms with Gasteiger partial charge in [0.2, 0.25) is 0 Å². The van der Waals surface area contributed by atoms with Crippen molar-refractivity contribution in [2.24, 2.45) is 0 Å². The van der Waals surface area contributed by atoms with Gasteiger partial charge in [0.1, 0.15) is 6.61 Å². The number of halogens is 1. The molecule has 0 atom stereocenters. The summed E-state index contributed by atoms with van der Waals surface area (Å²) in [6, 6.07) is 13.1. The first-order valence-corrected chi connectivity index (χ1v) is 13.1. The van der Waals surface area contributed by atoms with Gasteiger partial charge < -0.3 is 9.64 Å². The van der Waals surface area contributed by atoms with Gasteiger partial charge in [-0.05, 0) is 74.2 Å². The highest BCUT2D eigenvalue weighted by Crippen LogP contribution is 2.40. The number of rotatable bonds is 5. The van der Waals surface area contributed by atoms with Crippen LogP contribution in [0.2, 0.25) is 5.02 Å². The Labute approximate surface area is 207 Å². The number of ether oxygens (including phenoxy) is 1. The summed E-state index contributed by atoms with van der Waals surface area (Å²) in [6.45, 7) is 9.22. The minimum absolute atomic E-state index is 0.197. The smallest absolute Gasteiger partial charge is 0.316 e. The molecule has 34 heavy (non-hydrogen) atoms. The second-order valence-corrected chi connectivity index (χ2v) is 10.9. The highest BCUT2D eigenvalue weighted by atomic mass is 35.5. The summed E-state index contributed by atoms with van der Waals surface area (Å²) in [4.78, 5) is 14.9. The van der Waals surface area contributed by atoms with Crippen molar-refractivity contribution < 1.29 is 4.74 Å². The van der Waals surface area contributed by atoms with E-state index >= 15 is 0 Å². The molecule has 5 nitrogen and oxygen atoms in total. The molecule has 0 bridgehead atoms. The highest BCUT2D eigenvalue weighted by Gasteiger charge is 2.45. The molecule has 2 fully saturated rings. The lowest BCUT2D eigenvalue weighted by atomic mass is 9.95. The summed E-state index contributed by atoms with van der Waals surface area (Å²) in [5.74, 6) is 0.338. The number of hydrogen-bond acceptors (Lipinski definition) is 5. The van der Waals surface area contributed by atoms with Crippen LogP contribution in [0.4, 0.5) is 5.69 Å². The van der Waals surface area contributed by atoms with Crippen molar-refractivity contribution in [2.75, 3.05) is 31.1 Å². The number of anilines is 1. The fourth-order valence-corrected chi connectivity index (χ4v) is 6.66. The molecule has 0 amide bonds. The molecule has 6 rings (SSSR count). The molecule has 6 heteroatoms. The summed E-state index contributed by atoms with van der Waals surface area (Å²) < 4.78 is 6.38. The molecule has 3 aliphatic rings. The number of aromatic nitrogens is 2. The molecule has 3 aromatic rings. The van der Waals surface area contributed by atoms with Crippen LogP contribution in [0, 0.1) is 0 Å². The van der Waals surface area contributed by atoms with Crippen LogP contribution in [0.15, 0.2) is 36.4 Å². The Morgan fingerprint density at radius 2 is 1.79 bits per heavy atom. The van der Waals surface area contributed by atoms with Gasteiger partial charge >= 0.3 is 6.01 Å². The van der Waals surface area contributed by atoms with E-state index in [1.807, 2.05) is 12.1 Å². The zero-order valence-electron chi connectivity index (χ0n) is 20.2. The van der Waals surface area contributed by atoms with E-state index < -0.39 is 0 Å². The van der Waals surface area contributed by atoms with E-state index in [9.17, 15) is 0 Å². The minimum Gasteiger partial charge on any atom is -0.461 e. The number of benzene rings is 2. The van der Waals surface area contributed by atoms with E-state index in [4.69, 9.17) is 26.3 Å². The van der Waals surface area contributed by atoms with Crippen LogP contribution in [0.5, 0.6) is 6.01 Å². The first kappa shape index (κ1) is 22.1. The first-order chi connectivity index (χ1) is 16.5. The second-order valence-electron chi connectivity index (χ2n) is 10.5. The molecule has 0 radical (unpaired) electrons. The fraction of sp³-hybridized carbons (Fsp3) is 0.500. The maximum absolute atomic E-state index is 6.64. The van der Waals surface area contributed by atoms with Gasteiger partial charge in [-0.1, -0.05) is 49.7 Å². The monoisotopic (exact) mass is 476 g/mol. The minimum atomic E-state index is 0.197. The van der Waals surface area contributed by atoms with Crippen LogP contribution in [0.25, 0.3) is 10.8 Å². The molecular formula is C28H33ClN4O. The van der Waals surface area contributed by atoms with Crippen molar-refractivity contribution >= 4 is 28.1 Å². The summed E-state index contributed by atoms with van der Waals surface area (Å²) in [5, 5.41) is 3.08. The summed E-state index contributed by atoms with van der Waals surface area (Å²) in [7, 11) is 0. The van der Waals surface area contributed by atoms with E-state index in [0.29, 0.717) is 18.5 Å². The van der Waals surface area contributed by atoms with Gasteiger partial charge in [-0.25, -0.2) is 0 Å². The fourth-order valence-electron chi connectivity index (χ4n) is 6.38. The Balaban J connectivity index is 1.32. The molecule has 2 aromatic carbocycles. The summed E-state index contributed by atoms with van der Waals surface area (Å²) >= 11 is 6.64.